The van der Waals surface area contributed by atoms with Crippen LogP contribution < -0.4 is 9.47 Å². The van der Waals surface area contributed by atoms with E-state index >= 15 is 0 Å². The van der Waals surface area contributed by atoms with Crippen molar-refractivity contribution in [2.45, 2.75) is 26.3 Å². The maximum Gasteiger partial charge on any atom is 0.229 e. The third-order valence-corrected chi connectivity index (χ3v) is 6.00. The molecule has 1 aromatic heterocycles. The lowest BCUT2D eigenvalue weighted by Crippen LogP contribution is -2.42. The summed E-state index contributed by atoms with van der Waals surface area (Å²) in [5.74, 6) is 1.81. The highest BCUT2D eigenvalue weighted by molar-refractivity contribution is 7.07. The molecular formula is C21H27N3O3S. The molecule has 1 unspecified atom stereocenters. The molecule has 1 saturated heterocycles. The quantitative estimate of drug-likeness (QED) is 0.771. The van der Waals surface area contributed by atoms with Gasteiger partial charge in [-0.2, -0.15) is 0 Å². The van der Waals surface area contributed by atoms with E-state index in [-0.39, 0.29) is 11.8 Å². The summed E-state index contributed by atoms with van der Waals surface area (Å²) in [5.41, 5.74) is 4.06. The van der Waals surface area contributed by atoms with Crippen LogP contribution in [0.2, 0.25) is 0 Å². The Bertz CT molecular complexity index is 796. The predicted molar refractivity (Wildman–Crippen MR) is 109 cm³/mol. The van der Waals surface area contributed by atoms with Crippen LogP contribution in [-0.2, 0) is 17.8 Å². The molecule has 2 aromatic rings. The molecule has 1 atom stereocenters. The van der Waals surface area contributed by atoms with E-state index in [1.807, 2.05) is 35.5 Å². The van der Waals surface area contributed by atoms with Crippen LogP contribution in [0.5, 0.6) is 11.5 Å². The van der Waals surface area contributed by atoms with Crippen LogP contribution in [-0.4, -0.2) is 60.1 Å². The number of amides is 1. The van der Waals surface area contributed by atoms with Gasteiger partial charge in [-0.15, -0.1) is 11.3 Å². The van der Waals surface area contributed by atoms with Crippen LogP contribution in [0.1, 0.15) is 24.6 Å². The van der Waals surface area contributed by atoms with Crippen LogP contribution in [0, 0.1) is 5.92 Å². The van der Waals surface area contributed by atoms with Gasteiger partial charge in [-0.05, 0) is 43.5 Å². The van der Waals surface area contributed by atoms with Gasteiger partial charge in [-0.1, -0.05) is 0 Å². The first kappa shape index (κ1) is 19.2. The fourth-order valence-electron chi connectivity index (χ4n) is 3.94. The van der Waals surface area contributed by atoms with Crippen molar-refractivity contribution in [2.24, 2.45) is 5.92 Å². The van der Waals surface area contributed by atoms with E-state index in [9.17, 15) is 4.79 Å². The highest BCUT2D eigenvalue weighted by Crippen LogP contribution is 2.31. The molecule has 7 heteroatoms. The van der Waals surface area contributed by atoms with Gasteiger partial charge in [0, 0.05) is 38.1 Å². The van der Waals surface area contributed by atoms with E-state index in [2.05, 4.69) is 15.3 Å². The Labute approximate surface area is 170 Å². The fraction of sp³-hybridized carbons (Fsp3) is 0.524. The van der Waals surface area contributed by atoms with Gasteiger partial charge in [-0.3, -0.25) is 9.69 Å². The van der Waals surface area contributed by atoms with Crippen molar-refractivity contribution in [2.75, 3.05) is 39.4 Å². The van der Waals surface area contributed by atoms with Gasteiger partial charge in [-0.25, -0.2) is 4.98 Å². The molecule has 2 aliphatic rings. The molecule has 0 spiro atoms. The van der Waals surface area contributed by atoms with Gasteiger partial charge < -0.3 is 14.4 Å². The molecule has 28 heavy (non-hydrogen) atoms. The summed E-state index contributed by atoms with van der Waals surface area (Å²) in [6, 6.07) is 5.88. The number of carbonyl (C=O) groups excluding carboxylic acids is 1. The van der Waals surface area contributed by atoms with Gasteiger partial charge in [0.1, 0.15) is 18.1 Å². The number of carbonyl (C=O) groups is 1. The molecule has 0 bridgehead atoms. The van der Waals surface area contributed by atoms with Crippen LogP contribution >= 0.6 is 11.3 Å². The lowest BCUT2D eigenvalue weighted by atomic mass is 9.95. The average molecular weight is 402 g/mol. The molecule has 1 aromatic carbocycles. The molecule has 4 rings (SSSR count). The van der Waals surface area contributed by atoms with Crippen molar-refractivity contribution < 1.29 is 14.3 Å². The molecule has 0 N–H and O–H groups in total. The zero-order valence-corrected chi connectivity index (χ0v) is 17.1. The SMILES string of the molecule is CCOc1ccc2c(c1)CC(C(=O)N1CCCN(Cc3cscn3)CC1)CO2. The highest BCUT2D eigenvalue weighted by Gasteiger charge is 2.30. The molecule has 2 aliphatic heterocycles. The van der Waals surface area contributed by atoms with E-state index < -0.39 is 0 Å². The van der Waals surface area contributed by atoms with E-state index in [1.165, 1.54) is 0 Å². The lowest BCUT2D eigenvalue weighted by molar-refractivity contribution is -0.136. The van der Waals surface area contributed by atoms with Crippen molar-refractivity contribution in [3.63, 3.8) is 0 Å². The maximum absolute atomic E-state index is 13.1. The molecule has 0 aliphatic carbocycles. The fourth-order valence-corrected chi connectivity index (χ4v) is 4.49. The molecule has 1 fully saturated rings. The van der Waals surface area contributed by atoms with Gasteiger partial charge in [0.25, 0.3) is 0 Å². The number of hydrogen-bond donors (Lipinski definition) is 0. The third kappa shape index (κ3) is 4.47. The first-order valence-corrected chi connectivity index (χ1v) is 10.9. The molecular weight excluding hydrogens is 374 g/mol. The van der Waals surface area contributed by atoms with Gasteiger partial charge in [0.05, 0.1) is 23.7 Å². The monoisotopic (exact) mass is 401 g/mol. The second-order valence-corrected chi connectivity index (χ2v) is 8.07. The second kappa shape index (κ2) is 8.92. The third-order valence-electron chi connectivity index (χ3n) is 5.37. The molecule has 0 radical (unpaired) electrons. The number of rotatable bonds is 5. The van der Waals surface area contributed by atoms with Crippen molar-refractivity contribution in [1.82, 2.24) is 14.8 Å². The predicted octanol–water partition coefficient (Wildman–Crippen LogP) is 2.83. The molecule has 0 saturated carbocycles. The summed E-state index contributed by atoms with van der Waals surface area (Å²) in [4.78, 5) is 21.9. The molecule has 150 valence electrons. The van der Waals surface area contributed by atoms with Crippen LogP contribution in [0.3, 0.4) is 0 Å². The van der Waals surface area contributed by atoms with E-state index in [0.29, 0.717) is 19.6 Å². The van der Waals surface area contributed by atoms with Crippen LogP contribution in [0.4, 0.5) is 0 Å². The Kier molecular flexibility index (Phi) is 6.12. The first-order chi connectivity index (χ1) is 13.7. The van der Waals surface area contributed by atoms with Gasteiger partial charge >= 0.3 is 0 Å². The number of aromatic nitrogens is 1. The Morgan fingerprint density at radius 2 is 2.25 bits per heavy atom. The minimum Gasteiger partial charge on any atom is -0.494 e. The maximum atomic E-state index is 13.1. The minimum absolute atomic E-state index is 0.116. The summed E-state index contributed by atoms with van der Waals surface area (Å²) in [5, 5.41) is 2.10. The average Bonchev–Trinajstić information content (AvgIpc) is 3.11. The van der Waals surface area contributed by atoms with Crippen molar-refractivity contribution >= 4 is 17.2 Å². The summed E-state index contributed by atoms with van der Waals surface area (Å²) < 4.78 is 11.5. The number of benzene rings is 1. The Balaban J connectivity index is 1.36. The Morgan fingerprint density at radius 3 is 3.07 bits per heavy atom. The molecule has 3 heterocycles. The standard InChI is InChI=1S/C21H27N3O3S/c1-2-26-19-4-5-20-16(11-19)10-17(13-27-20)21(25)24-7-3-6-23(8-9-24)12-18-14-28-15-22-18/h4-5,11,14-15,17H,2-3,6-10,12-13H2,1H3. The zero-order valence-electron chi connectivity index (χ0n) is 16.3. The second-order valence-electron chi connectivity index (χ2n) is 7.35. The first-order valence-electron chi connectivity index (χ1n) is 9.99. The Hall–Kier alpha value is -2.12. The summed E-state index contributed by atoms with van der Waals surface area (Å²) in [7, 11) is 0. The largest absolute Gasteiger partial charge is 0.494 e. The smallest absolute Gasteiger partial charge is 0.229 e. The highest BCUT2D eigenvalue weighted by atomic mass is 32.1. The van der Waals surface area contributed by atoms with Crippen molar-refractivity contribution in [1.29, 1.82) is 0 Å². The normalized spacial score (nSPS) is 20.2. The summed E-state index contributed by atoms with van der Waals surface area (Å²) in [6.45, 7) is 7.40. The minimum atomic E-state index is -0.116. The molecule has 1 amide bonds. The van der Waals surface area contributed by atoms with Crippen molar-refractivity contribution in [3.8, 4) is 11.5 Å². The number of hydrogen-bond acceptors (Lipinski definition) is 6. The summed E-state index contributed by atoms with van der Waals surface area (Å²) in [6.07, 6.45) is 1.71. The topological polar surface area (TPSA) is 54.9 Å². The number of ether oxygens (including phenoxy) is 2. The Morgan fingerprint density at radius 1 is 1.32 bits per heavy atom. The number of fused-ring (bicyclic) bond motifs is 1. The van der Waals surface area contributed by atoms with Gasteiger partial charge in [0.2, 0.25) is 5.91 Å². The van der Waals surface area contributed by atoms with Crippen LogP contribution in [0.15, 0.2) is 29.1 Å². The van der Waals surface area contributed by atoms with Crippen molar-refractivity contribution in [3.05, 3.63) is 40.3 Å². The van der Waals surface area contributed by atoms with E-state index in [1.54, 1.807) is 11.3 Å². The summed E-state index contributed by atoms with van der Waals surface area (Å²) >= 11 is 1.63. The van der Waals surface area contributed by atoms with E-state index in [0.717, 1.165) is 61.9 Å². The lowest BCUT2D eigenvalue weighted by Gasteiger charge is -2.30. The van der Waals surface area contributed by atoms with Gasteiger partial charge in [0.15, 0.2) is 0 Å². The molecule has 6 nitrogen and oxygen atoms in total. The van der Waals surface area contributed by atoms with Crippen LogP contribution in [0.25, 0.3) is 0 Å². The number of nitrogens with zero attached hydrogens (tertiary/aromatic N) is 3. The zero-order chi connectivity index (χ0) is 19.3. The number of thiazole rings is 1. The van der Waals surface area contributed by atoms with E-state index in [4.69, 9.17) is 9.47 Å².